The largest absolute Gasteiger partial charge is 0.295 e. The van der Waals surface area contributed by atoms with Gasteiger partial charge in [-0.05, 0) is 12.5 Å². The number of rotatable bonds is 4. The fourth-order valence-electron chi connectivity index (χ4n) is 3.23. The lowest BCUT2D eigenvalue weighted by Gasteiger charge is -2.06. The van der Waals surface area contributed by atoms with Crippen LogP contribution in [0.2, 0.25) is 0 Å². The van der Waals surface area contributed by atoms with E-state index < -0.39 is 0 Å². The Kier molecular flexibility index (Phi) is 4.58. The number of aromatic nitrogens is 5. The summed E-state index contributed by atoms with van der Waals surface area (Å²) in [5, 5.41) is 15.9. The molecular formula is C21H14N6OS2. The first kappa shape index (κ1) is 18.5. The molecule has 0 spiro atoms. The van der Waals surface area contributed by atoms with Gasteiger partial charge in [0.25, 0.3) is 5.56 Å². The minimum atomic E-state index is -0.249. The third-order valence-corrected chi connectivity index (χ3v) is 6.64. The van der Waals surface area contributed by atoms with Crippen molar-refractivity contribution in [1.82, 2.24) is 24.6 Å². The molecule has 1 aromatic carbocycles. The number of benzene rings is 1. The fraction of sp³-hybridized carbons (Fsp3) is 0.0952. The average molecular weight is 431 g/mol. The summed E-state index contributed by atoms with van der Waals surface area (Å²) in [6.45, 7) is 2.06. The number of thiophene rings is 1. The van der Waals surface area contributed by atoms with Crippen molar-refractivity contribution in [3.63, 3.8) is 0 Å². The molecule has 0 amide bonds. The quantitative estimate of drug-likeness (QED) is 0.339. The summed E-state index contributed by atoms with van der Waals surface area (Å²) < 4.78 is 1.27. The molecule has 146 valence electrons. The Hall–Kier alpha value is -3.48. The van der Waals surface area contributed by atoms with E-state index in [1.165, 1.54) is 34.1 Å². The molecule has 0 aliphatic rings. The number of H-pyrrole nitrogens is 1. The Bertz CT molecular complexity index is 1490. The first-order valence-electron chi connectivity index (χ1n) is 9.06. The van der Waals surface area contributed by atoms with Crippen molar-refractivity contribution >= 4 is 39.0 Å². The van der Waals surface area contributed by atoms with E-state index in [-0.39, 0.29) is 5.56 Å². The predicted octanol–water partition coefficient (Wildman–Crippen LogP) is 4.17. The number of hydrogen-bond acceptors (Lipinski definition) is 7. The maximum atomic E-state index is 12.3. The highest BCUT2D eigenvalue weighted by atomic mass is 32.2. The monoisotopic (exact) mass is 430 g/mol. The van der Waals surface area contributed by atoms with Gasteiger partial charge in [-0.2, -0.15) is 5.26 Å². The first-order chi connectivity index (χ1) is 14.6. The van der Waals surface area contributed by atoms with Gasteiger partial charge in [0.2, 0.25) is 0 Å². The van der Waals surface area contributed by atoms with Gasteiger partial charge in [0.1, 0.15) is 27.8 Å². The number of aromatic amines is 1. The van der Waals surface area contributed by atoms with Gasteiger partial charge in [0.15, 0.2) is 5.65 Å². The highest BCUT2D eigenvalue weighted by molar-refractivity contribution is 7.98. The van der Waals surface area contributed by atoms with Crippen LogP contribution in [0.4, 0.5) is 0 Å². The van der Waals surface area contributed by atoms with Gasteiger partial charge < -0.3 is 0 Å². The second-order valence-corrected chi connectivity index (χ2v) is 8.53. The predicted molar refractivity (Wildman–Crippen MR) is 118 cm³/mol. The smallest absolute Gasteiger partial charge is 0.272 e. The van der Waals surface area contributed by atoms with Gasteiger partial charge in [0, 0.05) is 29.0 Å². The van der Waals surface area contributed by atoms with Crippen molar-refractivity contribution in [1.29, 1.82) is 5.26 Å². The summed E-state index contributed by atoms with van der Waals surface area (Å²) in [7, 11) is 0. The zero-order chi connectivity index (χ0) is 20.7. The molecule has 0 aliphatic heterocycles. The van der Waals surface area contributed by atoms with Gasteiger partial charge in [0.05, 0.1) is 11.1 Å². The SMILES string of the molecule is Cc1ccc(-c2csc3ncnc(SCc4cc(=O)n5[nH]cc(C#N)c5n4)c23)cc1. The lowest BCUT2D eigenvalue weighted by molar-refractivity contribution is 0.888. The summed E-state index contributed by atoms with van der Waals surface area (Å²) >= 11 is 3.09. The highest BCUT2D eigenvalue weighted by Gasteiger charge is 2.15. The van der Waals surface area contributed by atoms with E-state index in [2.05, 4.69) is 56.6 Å². The molecule has 5 rings (SSSR count). The van der Waals surface area contributed by atoms with E-state index in [9.17, 15) is 10.1 Å². The van der Waals surface area contributed by atoms with Crippen molar-refractivity contribution in [3.8, 4) is 17.2 Å². The van der Waals surface area contributed by atoms with Gasteiger partial charge in [-0.15, -0.1) is 11.3 Å². The standard InChI is InChI=1S/C21H14N6OS2/c1-12-2-4-13(5-3-12)16-10-30-21-18(16)20(23-11-24-21)29-9-15-6-17(28)27-19(26-15)14(7-22)8-25-27/h2-6,8,10-11,25H,9H2,1H3. The third-order valence-electron chi connectivity index (χ3n) is 4.73. The van der Waals surface area contributed by atoms with Crippen LogP contribution in [0.1, 0.15) is 16.8 Å². The summed E-state index contributed by atoms with van der Waals surface area (Å²) in [5.41, 5.74) is 4.44. The van der Waals surface area contributed by atoms with Crippen molar-refractivity contribution < 1.29 is 0 Å². The minimum Gasteiger partial charge on any atom is -0.295 e. The zero-order valence-electron chi connectivity index (χ0n) is 15.8. The third kappa shape index (κ3) is 3.16. The molecule has 0 fully saturated rings. The van der Waals surface area contributed by atoms with Crippen molar-refractivity contribution in [2.24, 2.45) is 0 Å². The summed E-state index contributed by atoms with van der Waals surface area (Å²) in [6, 6.07) is 11.9. The molecule has 1 N–H and O–H groups in total. The normalized spacial score (nSPS) is 11.2. The molecule has 4 heterocycles. The highest BCUT2D eigenvalue weighted by Crippen LogP contribution is 2.38. The van der Waals surface area contributed by atoms with E-state index >= 15 is 0 Å². The minimum absolute atomic E-state index is 0.249. The van der Waals surface area contributed by atoms with Crippen LogP contribution in [0.25, 0.3) is 27.0 Å². The Morgan fingerprint density at radius 3 is 2.90 bits per heavy atom. The summed E-state index contributed by atoms with van der Waals surface area (Å²) in [4.78, 5) is 26.6. The number of nitriles is 1. The Morgan fingerprint density at radius 1 is 1.27 bits per heavy atom. The molecule has 0 unspecified atom stereocenters. The maximum Gasteiger partial charge on any atom is 0.272 e. The van der Waals surface area contributed by atoms with E-state index in [0.29, 0.717) is 22.7 Å². The number of nitrogens with zero attached hydrogens (tertiary/aromatic N) is 5. The zero-order valence-corrected chi connectivity index (χ0v) is 17.4. The van der Waals surface area contributed by atoms with E-state index in [0.717, 1.165) is 26.4 Å². The number of fused-ring (bicyclic) bond motifs is 2. The van der Waals surface area contributed by atoms with Gasteiger partial charge in [-0.25, -0.2) is 19.5 Å². The molecule has 5 aromatic rings. The lowest BCUT2D eigenvalue weighted by atomic mass is 10.1. The van der Waals surface area contributed by atoms with Gasteiger partial charge in [-0.1, -0.05) is 41.6 Å². The van der Waals surface area contributed by atoms with E-state index in [1.54, 1.807) is 17.7 Å². The van der Waals surface area contributed by atoms with E-state index in [4.69, 9.17) is 0 Å². The first-order valence-corrected chi connectivity index (χ1v) is 10.9. The van der Waals surface area contributed by atoms with Crippen LogP contribution in [-0.2, 0) is 5.75 Å². The summed E-state index contributed by atoms with van der Waals surface area (Å²) in [5.74, 6) is 0.455. The van der Waals surface area contributed by atoms with Gasteiger partial charge in [-0.3, -0.25) is 9.89 Å². The lowest BCUT2D eigenvalue weighted by Crippen LogP contribution is -2.15. The number of aryl methyl sites for hydroxylation is 1. The van der Waals surface area contributed by atoms with Crippen LogP contribution in [0.5, 0.6) is 0 Å². The Balaban J connectivity index is 1.53. The molecule has 9 heteroatoms. The molecular weight excluding hydrogens is 416 g/mol. The van der Waals surface area contributed by atoms with E-state index in [1.807, 2.05) is 6.07 Å². The Morgan fingerprint density at radius 2 is 2.10 bits per heavy atom. The molecule has 0 aliphatic carbocycles. The molecule has 4 aromatic heterocycles. The molecule has 0 atom stereocenters. The maximum absolute atomic E-state index is 12.3. The molecule has 7 nitrogen and oxygen atoms in total. The number of thioether (sulfide) groups is 1. The van der Waals surface area contributed by atoms with Gasteiger partial charge >= 0.3 is 0 Å². The topological polar surface area (TPSA) is 99.7 Å². The summed E-state index contributed by atoms with van der Waals surface area (Å²) in [6.07, 6.45) is 3.04. The average Bonchev–Trinajstić information content (AvgIpc) is 3.37. The fourth-order valence-corrected chi connectivity index (χ4v) is 5.12. The van der Waals surface area contributed by atoms with Crippen molar-refractivity contribution in [2.75, 3.05) is 0 Å². The second kappa shape index (κ2) is 7.40. The second-order valence-electron chi connectivity index (χ2n) is 6.71. The molecule has 0 radical (unpaired) electrons. The van der Waals surface area contributed by atoms with Crippen LogP contribution in [0.15, 0.2) is 58.1 Å². The molecule has 0 saturated carbocycles. The van der Waals surface area contributed by atoms with Crippen LogP contribution in [-0.4, -0.2) is 24.6 Å². The Labute approximate surface area is 179 Å². The number of nitrogens with one attached hydrogen (secondary N) is 1. The molecule has 0 saturated heterocycles. The van der Waals surface area contributed by atoms with Crippen LogP contribution < -0.4 is 5.56 Å². The van der Waals surface area contributed by atoms with Crippen molar-refractivity contribution in [2.45, 2.75) is 17.7 Å². The van der Waals surface area contributed by atoms with Crippen LogP contribution in [0.3, 0.4) is 0 Å². The van der Waals surface area contributed by atoms with Crippen molar-refractivity contribution in [3.05, 3.63) is 75.4 Å². The van der Waals surface area contributed by atoms with Crippen LogP contribution >= 0.6 is 23.1 Å². The molecule has 30 heavy (non-hydrogen) atoms. The molecule has 0 bridgehead atoms. The number of hydrogen-bond donors (Lipinski definition) is 1. The van der Waals surface area contributed by atoms with Crippen LogP contribution in [0, 0.1) is 18.3 Å².